The number of hydrogen-bond acceptors (Lipinski definition) is 6. The molecule has 0 saturated carbocycles. The Morgan fingerprint density at radius 1 is 1.35 bits per heavy atom. The van der Waals surface area contributed by atoms with Crippen molar-refractivity contribution in [2.45, 2.75) is 19.3 Å². The first-order valence-electron chi connectivity index (χ1n) is 7.79. The van der Waals surface area contributed by atoms with Gasteiger partial charge in [0.15, 0.2) is 0 Å². The van der Waals surface area contributed by atoms with Crippen LogP contribution in [0.2, 0.25) is 5.02 Å². The Morgan fingerprint density at radius 3 is 2.81 bits per heavy atom. The molecule has 1 aromatic carbocycles. The molecule has 134 valence electrons. The average molecular weight is 374 g/mol. The van der Waals surface area contributed by atoms with Gasteiger partial charge in [0.2, 0.25) is 11.8 Å². The van der Waals surface area contributed by atoms with E-state index in [0.29, 0.717) is 33.4 Å². The molecule has 2 aromatic heterocycles. The average Bonchev–Trinajstić information content (AvgIpc) is 3.05. The van der Waals surface area contributed by atoms with E-state index in [9.17, 15) is 9.90 Å². The molecule has 1 N–H and O–H groups in total. The monoisotopic (exact) mass is 373 g/mol. The number of carboxylic acids is 1. The summed E-state index contributed by atoms with van der Waals surface area (Å²) in [6, 6.07) is 7.15. The SMILES string of the molecule is COc1cccc(Cl)c1-c1cncc(C(CC(=O)O)c2nnc(C)o2)c1. The van der Waals surface area contributed by atoms with Gasteiger partial charge in [-0.1, -0.05) is 17.7 Å². The minimum atomic E-state index is -0.980. The number of rotatable bonds is 6. The van der Waals surface area contributed by atoms with Crippen LogP contribution in [-0.2, 0) is 4.79 Å². The second-order valence-corrected chi connectivity index (χ2v) is 6.04. The van der Waals surface area contributed by atoms with Crippen molar-refractivity contribution in [1.82, 2.24) is 15.2 Å². The topological polar surface area (TPSA) is 98.3 Å². The van der Waals surface area contributed by atoms with Crippen LogP contribution in [0, 0.1) is 6.92 Å². The van der Waals surface area contributed by atoms with Crippen LogP contribution in [0.4, 0.5) is 0 Å². The van der Waals surface area contributed by atoms with Gasteiger partial charge in [0, 0.05) is 30.4 Å². The first-order chi connectivity index (χ1) is 12.5. The third kappa shape index (κ3) is 3.67. The highest BCUT2D eigenvalue weighted by atomic mass is 35.5. The molecule has 0 spiro atoms. The van der Waals surface area contributed by atoms with Gasteiger partial charge < -0.3 is 14.3 Å². The van der Waals surface area contributed by atoms with Crippen molar-refractivity contribution >= 4 is 17.6 Å². The van der Waals surface area contributed by atoms with E-state index in [1.54, 1.807) is 44.6 Å². The van der Waals surface area contributed by atoms with Crippen molar-refractivity contribution in [3.05, 3.63) is 59.0 Å². The predicted molar refractivity (Wildman–Crippen MR) is 94.4 cm³/mol. The lowest BCUT2D eigenvalue weighted by Crippen LogP contribution is -2.09. The van der Waals surface area contributed by atoms with Crippen molar-refractivity contribution in [1.29, 1.82) is 0 Å². The highest BCUT2D eigenvalue weighted by Gasteiger charge is 2.24. The van der Waals surface area contributed by atoms with Gasteiger partial charge in [-0.25, -0.2) is 0 Å². The zero-order valence-corrected chi connectivity index (χ0v) is 14.9. The van der Waals surface area contributed by atoms with Crippen molar-refractivity contribution in [2.24, 2.45) is 0 Å². The number of benzene rings is 1. The Labute approximate surface area is 154 Å². The summed E-state index contributed by atoms with van der Waals surface area (Å²) in [5.41, 5.74) is 2.02. The van der Waals surface area contributed by atoms with Crippen molar-refractivity contribution in [2.75, 3.05) is 7.11 Å². The summed E-state index contributed by atoms with van der Waals surface area (Å²) < 4.78 is 10.8. The van der Waals surface area contributed by atoms with Crippen molar-refractivity contribution < 1.29 is 19.1 Å². The molecular weight excluding hydrogens is 358 g/mol. The number of methoxy groups -OCH3 is 1. The fourth-order valence-corrected chi connectivity index (χ4v) is 2.99. The zero-order chi connectivity index (χ0) is 18.7. The smallest absolute Gasteiger partial charge is 0.304 e. The fraction of sp³-hybridized carbons (Fsp3) is 0.222. The first-order valence-corrected chi connectivity index (χ1v) is 8.17. The largest absolute Gasteiger partial charge is 0.496 e. The van der Waals surface area contributed by atoms with Crippen LogP contribution in [0.1, 0.15) is 29.7 Å². The highest BCUT2D eigenvalue weighted by Crippen LogP contribution is 2.38. The third-order valence-corrected chi connectivity index (χ3v) is 4.18. The lowest BCUT2D eigenvalue weighted by molar-refractivity contribution is -0.137. The molecule has 0 saturated heterocycles. The van der Waals surface area contributed by atoms with E-state index in [-0.39, 0.29) is 12.3 Å². The fourth-order valence-electron chi connectivity index (χ4n) is 2.71. The Kier molecular flexibility index (Phi) is 5.18. The van der Waals surface area contributed by atoms with Gasteiger partial charge in [-0.2, -0.15) is 0 Å². The summed E-state index contributed by atoms with van der Waals surface area (Å²) in [6.45, 7) is 1.65. The van der Waals surface area contributed by atoms with Crippen LogP contribution >= 0.6 is 11.6 Å². The number of aliphatic carboxylic acids is 1. The number of carbonyl (C=O) groups is 1. The maximum Gasteiger partial charge on any atom is 0.304 e. The van der Waals surface area contributed by atoms with Gasteiger partial charge in [0.25, 0.3) is 0 Å². The van der Waals surface area contributed by atoms with Gasteiger partial charge in [-0.15, -0.1) is 10.2 Å². The maximum absolute atomic E-state index is 11.3. The Morgan fingerprint density at radius 2 is 2.15 bits per heavy atom. The predicted octanol–water partition coefficient (Wildman–Crippen LogP) is 3.71. The number of nitrogens with zero attached hydrogens (tertiary/aromatic N) is 3. The Balaban J connectivity index is 2.09. The number of aromatic nitrogens is 3. The quantitative estimate of drug-likeness (QED) is 0.703. The van der Waals surface area contributed by atoms with E-state index in [1.165, 1.54) is 0 Å². The normalized spacial score (nSPS) is 12.0. The number of pyridine rings is 1. The van der Waals surface area contributed by atoms with Crippen molar-refractivity contribution in [3.63, 3.8) is 0 Å². The second kappa shape index (κ2) is 7.53. The van der Waals surface area contributed by atoms with Gasteiger partial charge in [0.05, 0.1) is 24.5 Å². The lowest BCUT2D eigenvalue weighted by atomic mass is 9.94. The molecule has 3 aromatic rings. The summed E-state index contributed by atoms with van der Waals surface area (Å²) in [4.78, 5) is 15.6. The molecule has 0 aliphatic rings. The van der Waals surface area contributed by atoms with E-state index in [2.05, 4.69) is 15.2 Å². The summed E-state index contributed by atoms with van der Waals surface area (Å²) in [6.07, 6.45) is 3.02. The van der Waals surface area contributed by atoms with Crippen LogP contribution in [0.25, 0.3) is 11.1 Å². The summed E-state index contributed by atoms with van der Waals surface area (Å²) >= 11 is 6.34. The third-order valence-electron chi connectivity index (χ3n) is 3.86. The van der Waals surface area contributed by atoms with Crippen LogP contribution < -0.4 is 4.74 Å². The molecule has 1 atom stereocenters. The number of halogens is 1. The van der Waals surface area contributed by atoms with E-state index < -0.39 is 11.9 Å². The van der Waals surface area contributed by atoms with Crippen LogP contribution in [-0.4, -0.2) is 33.4 Å². The summed E-state index contributed by atoms with van der Waals surface area (Å²) in [5.74, 6) is -0.400. The molecule has 26 heavy (non-hydrogen) atoms. The van der Waals surface area contributed by atoms with Gasteiger partial charge >= 0.3 is 5.97 Å². The summed E-state index contributed by atoms with van der Waals surface area (Å²) in [7, 11) is 1.56. The molecule has 0 aliphatic heterocycles. The van der Waals surface area contributed by atoms with Crippen LogP contribution in [0.15, 0.2) is 41.1 Å². The molecule has 8 heteroatoms. The molecule has 1 unspecified atom stereocenters. The molecule has 3 rings (SSSR count). The molecule has 2 heterocycles. The molecule has 0 aliphatic carbocycles. The Hall–Kier alpha value is -2.93. The standard InChI is InChI=1S/C18H16ClN3O4/c1-10-21-22-18(26-10)13(7-16(23)24)11-6-12(9-20-8-11)17-14(19)4-3-5-15(17)25-2/h3-6,8-9,13H,7H2,1-2H3,(H,23,24). The molecule has 0 radical (unpaired) electrons. The number of carboxylic acid groups (broad SMARTS) is 1. The van der Waals surface area contributed by atoms with Crippen LogP contribution in [0.3, 0.4) is 0 Å². The van der Waals surface area contributed by atoms with E-state index in [0.717, 1.165) is 0 Å². The maximum atomic E-state index is 11.3. The molecule has 0 bridgehead atoms. The van der Waals surface area contributed by atoms with E-state index in [1.807, 2.05) is 6.07 Å². The van der Waals surface area contributed by atoms with Crippen LogP contribution in [0.5, 0.6) is 5.75 Å². The highest BCUT2D eigenvalue weighted by molar-refractivity contribution is 6.33. The lowest BCUT2D eigenvalue weighted by Gasteiger charge is -2.14. The molecule has 0 fully saturated rings. The Bertz CT molecular complexity index is 942. The molecule has 7 nitrogen and oxygen atoms in total. The molecule has 0 amide bonds. The second-order valence-electron chi connectivity index (χ2n) is 5.63. The van der Waals surface area contributed by atoms with E-state index in [4.69, 9.17) is 20.8 Å². The minimum absolute atomic E-state index is 0.202. The van der Waals surface area contributed by atoms with E-state index >= 15 is 0 Å². The van der Waals surface area contributed by atoms with Gasteiger partial charge in [-0.3, -0.25) is 9.78 Å². The van der Waals surface area contributed by atoms with Crippen molar-refractivity contribution in [3.8, 4) is 16.9 Å². The first kappa shape index (κ1) is 17.9. The minimum Gasteiger partial charge on any atom is -0.496 e. The van der Waals surface area contributed by atoms with Gasteiger partial charge in [-0.05, 0) is 23.8 Å². The molecular formula is C18H16ClN3O4. The summed E-state index contributed by atoms with van der Waals surface area (Å²) in [5, 5.41) is 17.5. The number of hydrogen-bond donors (Lipinski definition) is 1. The van der Waals surface area contributed by atoms with Gasteiger partial charge in [0.1, 0.15) is 5.75 Å². The zero-order valence-electron chi connectivity index (χ0n) is 14.1. The number of aryl methyl sites for hydroxylation is 1. The number of ether oxygens (including phenoxy) is 1.